The fourth-order valence-corrected chi connectivity index (χ4v) is 5.64. The molecular weight excluding hydrogens is 512 g/mol. The fourth-order valence-electron chi connectivity index (χ4n) is 3.30. The molecule has 7 nitrogen and oxygen atoms in total. The highest BCUT2D eigenvalue weighted by Crippen LogP contribution is 2.34. The standard InChI is InChI=1S/C22H21BrN4O3S2/c1-15(16-6-3-2-4-7-16)13-24-22(28)18-10-9-17(23)12-19(18)26-32(29,30)21-8-5-11-27-20(21)14-25-31-27/h2-12,14-15,25-26H,13H2,1H3,(H,24,28)/t15-/m0/s1. The van der Waals surface area contributed by atoms with Crippen LogP contribution in [0.3, 0.4) is 0 Å². The van der Waals surface area contributed by atoms with E-state index in [-0.39, 0.29) is 28.0 Å². The van der Waals surface area contributed by atoms with Gasteiger partial charge in [-0.15, -0.1) is 0 Å². The number of sulfonamides is 1. The number of allylic oxidation sites excluding steroid dienone is 2. The molecule has 0 saturated heterocycles. The largest absolute Gasteiger partial charge is 0.351 e. The quantitative estimate of drug-likeness (QED) is 0.456. The lowest BCUT2D eigenvalue weighted by Crippen LogP contribution is -2.29. The number of carbonyl (C=O) groups is 1. The van der Waals surface area contributed by atoms with Crippen molar-refractivity contribution >= 4 is 49.7 Å². The molecule has 10 heteroatoms. The zero-order chi connectivity index (χ0) is 22.7. The van der Waals surface area contributed by atoms with E-state index in [0.717, 1.165) is 5.56 Å². The molecule has 2 aromatic rings. The predicted octanol–water partition coefficient (Wildman–Crippen LogP) is 4.45. The van der Waals surface area contributed by atoms with E-state index in [4.69, 9.17) is 0 Å². The Labute approximate surface area is 200 Å². The molecule has 0 aliphatic carbocycles. The van der Waals surface area contributed by atoms with Gasteiger partial charge in [-0.1, -0.05) is 53.2 Å². The molecule has 4 rings (SSSR count). The van der Waals surface area contributed by atoms with Gasteiger partial charge in [0.1, 0.15) is 4.91 Å². The van der Waals surface area contributed by atoms with Crippen LogP contribution in [0.5, 0.6) is 0 Å². The number of nitrogens with zero attached hydrogens (tertiary/aromatic N) is 1. The van der Waals surface area contributed by atoms with E-state index in [0.29, 0.717) is 16.7 Å². The Hall–Kier alpha value is -2.69. The molecule has 0 radical (unpaired) electrons. The van der Waals surface area contributed by atoms with Gasteiger partial charge in [-0.3, -0.25) is 13.8 Å². The first-order chi connectivity index (χ1) is 15.3. The van der Waals surface area contributed by atoms with Crippen LogP contribution in [0.15, 0.2) is 88.2 Å². The lowest BCUT2D eigenvalue weighted by atomic mass is 10.0. The Morgan fingerprint density at radius 1 is 1.22 bits per heavy atom. The third-order valence-electron chi connectivity index (χ3n) is 5.00. The summed E-state index contributed by atoms with van der Waals surface area (Å²) < 4.78 is 34.2. The average molecular weight is 533 g/mol. The summed E-state index contributed by atoms with van der Waals surface area (Å²) in [5, 5.41) is 2.91. The van der Waals surface area contributed by atoms with Gasteiger partial charge in [-0.05, 0) is 41.8 Å². The second-order valence-electron chi connectivity index (χ2n) is 7.25. The summed E-state index contributed by atoms with van der Waals surface area (Å²) in [6.07, 6.45) is 6.57. The Balaban J connectivity index is 1.54. The van der Waals surface area contributed by atoms with Crippen LogP contribution < -0.4 is 14.8 Å². The third-order valence-corrected chi connectivity index (χ3v) is 7.65. The van der Waals surface area contributed by atoms with Crippen LogP contribution in [0.2, 0.25) is 0 Å². The van der Waals surface area contributed by atoms with E-state index in [1.165, 1.54) is 18.2 Å². The monoisotopic (exact) mass is 532 g/mol. The average Bonchev–Trinajstić information content (AvgIpc) is 3.26. The molecule has 0 spiro atoms. The smallest absolute Gasteiger partial charge is 0.264 e. The SMILES string of the molecule is C[C@@H](CNC(=O)c1ccc(Br)cc1NS(=O)(=O)C1=CC=CN2SNC=C12)c1ccccc1. The second-order valence-corrected chi connectivity index (χ2v) is 10.6. The molecular formula is C22H21BrN4O3S2. The molecule has 0 bridgehead atoms. The van der Waals surface area contributed by atoms with Crippen LogP contribution in [-0.2, 0) is 10.0 Å². The topological polar surface area (TPSA) is 90.5 Å². The molecule has 1 amide bonds. The van der Waals surface area contributed by atoms with Gasteiger partial charge in [-0.2, -0.15) is 0 Å². The van der Waals surface area contributed by atoms with E-state index in [2.05, 4.69) is 30.7 Å². The molecule has 0 fully saturated rings. The maximum absolute atomic E-state index is 13.2. The normalized spacial score (nSPS) is 15.9. The van der Waals surface area contributed by atoms with E-state index in [9.17, 15) is 13.2 Å². The summed E-state index contributed by atoms with van der Waals surface area (Å²) in [6.45, 7) is 2.45. The van der Waals surface area contributed by atoms with Crippen LogP contribution in [0.1, 0.15) is 28.8 Å². The van der Waals surface area contributed by atoms with Crippen LogP contribution in [-0.4, -0.2) is 25.2 Å². The second kappa shape index (κ2) is 9.43. The lowest BCUT2D eigenvalue weighted by molar-refractivity contribution is 0.0952. The van der Waals surface area contributed by atoms with Crippen molar-refractivity contribution in [2.45, 2.75) is 12.8 Å². The minimum absolute atomic E-state index is 0.111. The zero-order valence-electron chi connectivity index (χ0n) is 17.1. The van der Waals surface area contributed by atoms with E-state index in [1.807, 2.05) is 37.3 Å². The van der Waals surface area contributed by atoms with Crippen molar-refractivity contribution in [3.63, 3.8) is 0 Å². The minimum Gasteiger partial charge on any atom is -0.351 e. The number of hydrogen-bond acceptors (Lipinski definition) is 6. The van der Waals surface area contributed by atoms with Crippen molar-refractivity contribution in [1.29, 1.82) is 0 Å². The minimum atomic E-state index is -3.94. The number of hydrogen-bond donors (Lipinski definition) is 3. The zero-order valence-corrected chi connectivity index (χ0v) is 20.3. The maximum Gasteiger partial charge on any atom is 0.264 e. The third kappa shape index (κ3) is 4.87. The highest BCUT2D eigenvalue weighted by atomic mass is 79.9. The van der Waals surface area contributed by atoms with Crippen molar-refractivity contribution in [2.75, 3.05) is 11.3 Å². The van der Waals surface area contributed by atoms with Gasteiger partial charge in [0.2, 0.25) is 0 Å². The first kappa shape index (κ1) is 22.5. The van der Waals surface area contributed by atoms with Crippen LogP contribution >= 0.6 is 28.1 Å². The lowest BCUT2D eigenvalue weighted by Gasteiger charge is -2.21. The predicted molar refractivity (Wildman–Crippen MR) is 132 cm³/mol. The molecule has 0 unspecified atom stereocenters. The molecule has 2 aliphatic heterocycles. The summed E-state index contributed by atoms with van der Waals surface area (Å²) in [7, 11) is -3.94. The first-order valence-corrected chi connectivity index (χ1v) is 12.9. The van der Waals surface area contributed by atoms with Gasteiger partial charge in [-0.25, -0.2) is 8.42 Å². The molecule has 1 atom stereocenters. The maximum atomic E-state index is 13.2. The van der Waals surface area contributed by atoms with Gasteiger partial charge >= 0.3 is 0 Å². The number of amides is 1. The fraction of sp³-hybridized carbons (Fsp3) is 0.136. The van der Waals surface area contributed by atoms with Crippen molar-refractivity contribution in [3.8, 4) is 0 Å². The number of halogens is 1. The van der Waals surface area contributed by atoms with Crippen molar-refractivity contribution in [1.82, 2.24) is 14.3 Å². The molecule has 2 aromatic carbocycles. The number of nitrogens with one attached hydrogen (secondary N) is 3. The van der Waals surface area contributed by atoms with Gasteiger partial charge < -0.3 is 10.0 Å². The van der Waals surface area contributed by atoms with E-state index >= 15 is 0 Å². The molecule has 32 heavy (non-hydrogen) atoms. The van der Waals surface area contributed by atoms with Crippen molar-refractivity contribution < 1.29 is 13.2 Å². The van der Waals surface area contributed by atoms with Gasteiger partial charge in [0.15, 0.2) is 0 Å². The molecule has 2 heterocycles. The Morgan fingerprint density at radius 3 is 2.78 bits per heavy atom. The van der Waals surface area contributed by atoms with Gasteiger partial charge in [0, 0.05) is 23.4 Å². The van der Waals surface area contributed by atoms with Gasteiger partial charge in [0.05, 0.1) is 29.1 Å². The van der Waals surface area contributed by atoms with Gasteiger partial charge in [0.25, 0.3) is 15.9 Å². The summed E-state index contributed by atoms with van der Waals surface area (Å²) in [5.41, 5.74) is 2.07. The summed E-state index contributed by atoms with van der Waals surface area (Å²) in [6, 6.07) is 14.8. The summed E-state index contributed by atoms with van der Waals surface area (Å²) >= 11 is 4.63. The van der Waals surface area contributed by atoms with Crippen LogP contribution in [0, 0.1) is 0 Å². The van der Waals surface area contributed by atoms with Crippen LogP contribution in [0.25, 0.3) is 0 Å². The van der Waals surface area contributed by atoms with E-state index in [1.54, 1.807) is 41.0 Å². The number of anilines is 1. The molecule has 166 valence electrons. The molecule has 0 saturated carbocycles. The highest BCUT2D eigenvalue weighted by Gasteiger charge is 2.30. The van der Waals surface area contributed by atoms with Crippen molar-refractivity contribution in [3.05, 3.63) is 99.3 Å². The summed E-state index contributed by atoms with van der Waals surface area (Å²) in [4.78, 5) is 13.0. The van der Waals surface area contributed by atoms with E-state index < -0.39 is 10.0 Å². The highest BCUT2D eigenvalue weighted by molar-refractivity contribution is 9.10. The number of fused-ring (bicyclic) bond motifs is 1. The Morgan fingerprint density at radius 2 is 2.00 bits per heavy atom. The van der Waals surface area contributed by atoms with Crippen molar-refractivity contribution in [2.24, 2.45) is 0 Å². The molecule has 3 N–H and O–H groups in total. The Bertz CT molecular complexity index is 1230. The van der Waals surface area contributed by atoms with Crippen LogP contribution in [0.4, 0.5) is 5.69 Å². The number of carbonyl (C=O) groups excluding carboxylic acids is 1. The number of rotatable bonds is 7. The Kier molecular flexibility index (Phi) is 6.63. The summed E-state index contributed by atoms with van der Waals surface area (Å²) in [5.74, 6) is -0.241. The molecule has 2 aliphatic rings. The first-order valence-electron chi connectivity index (χ1n) is 9.81. The number of benzene rings is 2. The molecule has 0 aromatic heterocycles.